The Labute approximate surface area is 97.1 Å². The van der Waals surface area contributed by atoms with Crippen molar-refractivity contribution in [3.63, 3.8) is 0 Å². The smallest absolute Gasteiger partial charge is 0.0794 e. The maximum absolute atomic E-state index is 4.14. The fourth-order valence-corrected chi connectivity index (χ4v) is 2.44. The molecule has 1 aromatic heterocycles. The summed E-state index contributed by atoms with van der Waals surface area (Å²) in [6.07, 6.45) is 5.56. The third kappa shape index (κ3) is 4.31. The van der Waals surface area contributed by atoms with Gasteiger partial charge in [-0.05, 0) is 31.2 Å². The van der Waals surface area contributed by atoms with Crippen LogP contribution in [-0.2, 0) is 6.42 Å². The summed E-state index contributed by atoms with van der Waals surface area (Å²) in [5.41, 5.74) is 2.30. The summed E-state index contributed by atoms with van der Waals surface area (Å²) in [6.45, 7) is 9.07. The number of nitrogens with zero attached hydrogens (tertiary/aromatic N) is 1. The van der Waals surface area contributed by atoms with Crippen molar-refractivity contribution >= 4 is 11.3 Å². The highest BCUT2D eigenvalue weighted by molar-refractivity contribution is 7.09. The van der Waals surface area contributed by atoms with E-state index in [1.165, 1.54) is 17.7 Å². The van der Waals surface area contributed by atoms with Crippen LogP contribution in [0.4, 0.5) is 0 Å². The summed E-state index contributed by atoms with van der Waals surface area (Å²) in [5, 5.41) is 3.52. The molecule has 0 saturated carbocycles. The molecule has 0 saturated heterocycles. The van der Waals surface area contributed by atoms with E-state index in [4.69, 9.17) is 0 Å². The van der Waals surface area contributed by atoms with Gasteiger partial charge in [-0.15, -0.1) is 11.3 Å². The van der Waals surface area contributed by atoms with E-state index in [9.17, 15) is 0 Å². The Hall–Kier alpha value is -0.410. The first-order valence-electron chi connectivity index (χ1n) is 5.78. The van der Waals surface area contributed by atoms with Gasteiger partial charge in [0.05, 0.1) is 5.51 Å². The molecule has 0 aliphatic heterocycles. The Morgan fingerprint density at radius 3 is 2.80 bits per heavy atom. The molecule has 0 aliphatic rings. The zero-order valence-corrected chi connectivity index (χ0v) is 10.9. The molecule has 0 fully saturated rings. The first kappa shape index (κ1) is 12.7. The third-order valence-electron chi connectivity index (χ3n) is 2.92. The van der Waals surface area contributed by atoms with E-state index in [-0.39, 0.29) is 0 Å². The minimum absolute atomic E-state index is 0.377. The summed E-state index contributed by atoms with van der Waals surface area (Å²) in [5.74, 6) is 0. The topological polar surface area (TPSA) is 24.9 Å². The molecular formula is C12H22N2S. The lowest BCUT2D eigenvalue weighted by Crippen LogP contribution is -2.33. The Balaban J connectivity index is 2.44. The van der Waals surface area contributed by atoms with Crippen molar-refractivity contribution in [2.75, 3.05) is 13.1 Å². The highest BCUT2D eigenvalue weighted by Gasteiger charge is 2.22. The summed E-state index contributed by atoms with van der Waals surface area (Å²) >= 11 is 1.77. The number of rotatable bonds is 7. The van der Waals surface area contributed by atoms with Crippen LogP contribution in [0, 0.1) is 5.41 Å². The molecule has 1 aromatic rings. The molecule has 1 rings (SSSR count). The SMILES string of the molecule is CCCNCC(C)(CC)Cc1cncs1. The number of thiazole rings is 1. The number of nitrogens with one attached hydrogen (secondary N) is 1. The lowest BCUT2D eigenvalue weighted by atomic mass is 9.83. The molecular weight excluding hydrogens is 204 g/mol. The molecule has 0 spiro atoms. The average Bonchev–Trinajstić information content (AvgIpc) is 2.71. The maximum atomic E-state index is 4.14. The number of aromatic nitrogens is 1. The van der Waals surface area contributed by atoms with E-state index < -0.39 is 0 Å². The van der Waals surface area contributed by atoms with E-state index in [0.29, 0.717) is 5.41 Å². The van der Waals surface area contributed by atoms with Crippen LogP contribution in [0.1, 0.15) is 38.5 Å². The van der Waals surface area contributed by atoms with Gasteiger partial charge in [-0.3, -0.25) is 4.98 Å². The molecule has 0 amide bonds. The van der Waals surface area contributed by atoms with Gasteiger partial charge in [0.15, 0.2) is 0 Å². The first-order chi connectivity index (χ1) is 7.20. The summed E-state index contributed by atoms with van der Waals surface area (Å²) in [4.78, 5) is 5.54. The number of hydrogen-bond acceptors (Lipinski definition) is 3. The standard InChI is InChI=1S/C12H22N2S/c1-4-6-13-9-12(3,5-2)7-11-8-14-10-15-11/h8,10,13H,4-7,9H2,1-3H3. The van der Waals surface area contributed by atoms with Crippen molar-refractivity contribution in [2.45, 2.75) is 40.0 Å². The molecule has 1 unspecified atom stereocenters. The van der Waals surface area contributed by atoms with Gasteiger partial charge in [-0.2, -0.15) is 0 Å². The quantitative estimate of drug-likeness (QED) is 0.723. The van der Waals surface area contributed by atoms with Crippen LogP contribution in [-0.4, -0.2) is 18.1 Å². The summed E-state index contributed by atoms with van der Waals surface area (Å²) in [7, 11) is 0. The minimum Gasteiger partial charge on any atom is -0.316 e. The molecule has 3 heteroatoms. The van der Waals surface area contributed by atoms with E-state index >= 15 is 0 Å². The van der Waals surface area contributed by atoms with Gasteiger partial charge in [0, 0.05) is 17.6 Å². The Morgan fingerprint density at radius 1 is 1.47 bits per heavy atom. The van der Waals surface area contributed by atoms with Crippen LogP contribution >= 0.6 is 11.3 Å². The van der Waals surface area contributed by atoms with Crippen molar-refractivity contribution in [3.8, 4) is 0 Å². The Bertz CT molecular complexity index is 259. The highest BCUT2D eigenvalue weighted by Crippen LogP contribution is 2.27. The molecule has 0 radical (unpaired) electrons. The van der Waals surface area contributed by atoms with Crippen LogP contribution in [0.25, 0.3) is 0 Å². The normalized spacial score (nSPS) is 15.1. The highest BCUT2D eigenvalue weighted by atomic mass is 32.1. The predicted molar refractivity (Wildman–Crippen MR) is 67.4 cm³/mol. The lowest BCUT2D eigenvalue weighted by molar-refractivity contribution is 0.292. The van der Waals surface area contributed by atoms with Crippen LogP contribution in [0.2, 0.25) is 0 Å². The molecule has 1 heterocycles. The van der Waals surface area contributed by atoms with Gasteiger partial charge in [0.1, 0.15) is 0 Å². The van der Waals surface area contributed by atoms with Gasteiger partial charge in [-0.25, -0.2) is 0 Å². The minimum atomic E-state index is 0.377. The fourth-order valence-electron chi connectivity index (χ4n) is 1.63. The second-order valence-corrected chi connectivity index (χ2v) is 5.46. The summed E-state index contributed by atoms with van der Waals surface area (Å²) < 4.78 is 0. The average molecular weight is 226 g/mol. The maximum Gasteiger partial charge on any atom is 0.0794 e. The molecule has 1 atom stereocenters. The summed E-state index contributed by atoms with van der Waals surface area (Å²) in [6, 6.07) is 0. The van der Waals surface area contributed by atoms with Gasteiger partial charge >= 0.3 is 0 Å². The van der Waals surface area contributed by atoms with Crippen molar-refractivity contribution in [1.29, 1.82) is 0 Å². The van der Waals surface area contributed by atoms with Crippen molar-refractivity contribution in [2.24, 2.45) is 5.41 Å². The van der Waals surface area contributed by atoms with Gasteiger partial charge in [0.2, 0.25) is 0 Å². The molecule has 15 heavy (non-hydrogen) atoms. The van der Waals surface area contributed by atoms with Gasteiger partial charge in [0.25, 0.3) is 0 Å². The van der Waals surface area contributed by atoms with Gasteiger partial charge < -0.3 is 5.32 Å². The van der Waals surface area contributed by atoms with Gasteiger partial charge in [-0.1, -0.05) is 20.8 Å². The fraction of sp³-hybridized carbons (Fsp3) is 0.750. The Kier molecular flexibility index (Phi) is 5.26. The monoisotopic (exact) mass is 226 g/mol. The predicted octanol–water partition coefficient (Wildman–Crippen LogP) is 3.10. The van der Waals surface area contributed by atoms with Crippen molar-refractivity contribution < 1.29 is 0 Å². The molecule has 0 aliphatic carbocycles. The van der Waals surface area contributed by atoms with E-state index in [1.807, 2.05) is 11.7 Å². The zero-order valence-electron chi connectivity index (χ0n) is 10.0. The van der Waals surface area contributed by atoms with Crippen LogP contribution in [0.15, 0.2) is 11.7 Å². The van der Waals surface area contributed by atoms with Crippen molar-refractivity contribution in [1.82, 2.24) is 10.3 Å². The first-order valence-corrected chi connectivity index (χ1v) is 6.66. The Morgan fingerprint density at radius 2 is 2.27 bits per heavy atom. The second kappa shape index (κ2) is 6.23. The van der Waals surface area contributed by atoms with Crippen molar-refractivity contribution in [3.05, 3.63) is 16.6 Å². The zero-order chi connectivity index (χ0) is 11.1. The van der Waals surface area contributed by atoms with E-state index in [0.717, 1.165) is 19.5 Å². The van der Waals surface area contributed by atoms with Crippen LogP contribution in [0.3, 0.4) is 0 Å². The lowest BCUT2D eigenvalue weighted by Gasteiger charge is -2.28. The third-order valence-corrected chi connectivity index (χ3v) is 3.70. The largest absolute Gasteiger partial charge is 0.316 e. The molecule has 0 aromatic carbocycles. The number of hydrogen-bond donors (Lipinski definition) is 1. The molecule has 2 nitrogen and oxygen atoms in total. The molecule has 86 valence electrons. The molecule has 1 N–H and O–H groups in total. The van der Waals surface area contributed by atoms with Crippen LogP contribution in [0.5, 0.6) is 0 Å². The van der Waals surface area contributed by atoms with E-state index in [2.05, 4.69) is 31.1 Å². The second-order valence-electron chi connectivity index (χ2n) is 4.49. The molecule has 0 bridgehead atoms. The van der Waals surface area contributed by atoms with E-state index in [1.54, 1.807) is 11.3 Å². The van der Waals surface area contributed by atoms with Crippen LogP contribution < -0.4 is 5.32 Å².